The fourth-order valence-electron chi connectivity index (χ4n) is 2.23. The summed E-state index contributed by atoms with van der Waals surface area (Å²) in [5, 5.41) is 2.43. The smallest absolute Gasteiger partial charge is 0.322 e. The van der Waals surface area contributed by atoms with E-state index < -0.39 is 6.04 Å². The topological polar surface area (TPSA) is 52.3 Å². The van der Waals surface area contributed by atoms with Crippen LogP contribution in [0.4, 0.5) is 0 Å². The van der Waals surface area contributed by atoms with E-state index in [4.69, 9.17) is 5.73 Å². The number of benzene rings is 2. The maximum Gasteiger partial charge on any atom is 0.322 e. The predicted octanol–water partition coefficient (Wildman–Crippen LogP) is 2.52. The molecular formula is C16H19NO2. The number of methoxy groups -OCH3 is 1. The summed E-state index contributed by atoms with van der Waals surface area (Å²) < 4.78 is 4.68. The Kier molecular flexibility index (Phi) is 4.17. The zero-order valence-corrected chi connectivity index (χ0v) is 11.3. The Bertz CT molecular complexity index is 580. The number of carbonyl (C=O) groups excluding carboxylic acids is 1. The molecule has 0 aliphatic carbocycles. The molecule has 3 heteroatoms. The minimum Gasteiger partial charge on any atom is -0.468 e. The van der Waals surface area contributed by atoms with Gasteiger partial charge in [0, 0.05) is 0 Å². The molecule has 0 saturated carbocycles. The average Bonchev–Trinajstić information content (AvgIpc) is 2.45. The molecule has 0 bridgehead atoms. The molecule has 3 nitrogen and oxygen atoms in total. The molecule has 2 atom stereocenters. The van der Waals surface area contributed by atoms with E-state index in [9.17, 15) is 4.79 Å². The van der Waals surface area contributed by atoms with Crippen molar-refractivity contribution >= 4 is 16.7 Å². The van der Waals surface area contributed by atoms with E-state index in [0.717, 1.165) is 6.42 Å². The second-order valence-corrected chi connectivity index (χ2v) is 4.91. The Labute approximate surface area is 113 Å². The van der Waals surface area contributed by atoms with Gasteiger partial charge in [-0.05, 0) is 28.7 Å². The largest absolute Gasteiger partial charge is 0.468 e. The zero-order valence-electron chi connectivity index (χ0n) is 11.3. The molecule has 19 heavy (non-hydrogen) atoms. The quantitative estimate of drug-likeness (QED) is 0.856. The normalized spacial score (nSPS) is 14.1. The number of nitrogens with two attached hydrogens (primary N) is 1. The molecular weight excluding hydrogens is 238 g/mol. The van der Waals surface area contributed by atoms with E-state index in [1.165, 1.54) is 23.4 Å². The highest BCUT2D eigenvalue weighted by molar-refractivity contribution is 5.83. The van der Waals surface area contributed by atoms with Crippen LogP contribution in [0.25, 0.3) is 10.8 Å². The summed E-state index contributed by atoms with van der Waals surface area (Å²) in [6.07, 6.45) is 0.765. The van der Waals surface area contributed by atoms with Crippen LogP contribution in [-0.4, -0.2) is 19.1 Å². The average molecular weight is 257 g/mol. The van der Waals surface area contributed by atoms with Gasteiger partial charge in [0.15, 0.2) is 0 Å². The Hall–Kier alpha value is -1.87. The van der Waals surface area contributed by atoms with Gasteiger partial charge < -0.3 is 10.5 Å². The lowest BCUT2D eigenvalue weighted by Gasteiger charge is -2.17. The summed E-state index contributed by atoms with van der Waals surface area (Å²) in [5.41, 5.74) is 7.04. The van der Waals surface area contributed by atoms with Gasteiger partial charge >= 0.3 is 5.97 Å². The van der Waals surface area contributed by atoms with E-state index in [2.05, 4.69) is 35.1 Å². The van der Waals surface area contributed by atoms with Crippen molar-refractivity contribution in [1.29, 1.82) is 0 Å². The lowest BCUT2D eigenvalue weighted by atomic mass is 9.93. The Morgan fingerprint density at radius 1 is 1.21 bits per heavy atom. The standard InChI is InChI=1S/C16H19NO2/c1-11(15(17)16(18)19-2)9-12-7-8-13-5-3-4-6-14(13)10-12/h3-8,10-11,15H,9,17H2,1-2H3. The Balaban J connectivity index is 2.14. The highest BCUT2D eigenvalue weighted by Crippen LogP contribution is 2.19. The second kappa shape index (κ2) is 5.85. The molecule has 0 aliphatic heterocycles. The van der Waals surface area contributed by atoms with Crippen molar-refractivity contribution in [3.05, 3.63) is 48.0 Å². The molecule has 0 amide bonds. The number of esters is 1. The van der Waals surface area contributed by atoms with E-state index in [1.54, 1.807) is 0 Å². The molecule has 2 unspecified atom stereocenters. The lowest BCUT2D eigenvalue weighted by molar-refractivity contribution is -0.143. The minimum atomic E-state index is -0.573. The molecule has 0 fully saturated rings. The van der Waals surface area contributed by atoms with Gasteiger partial charge in [0.25, 0.3) is 0 Å². The number of ether oxygens (including phenoxy) is 1. The van der Waals surface area contributed by atoms with Gasteiger partial charge in [-0.2, -0.15) is 0 Å². The fraction of sp³-hybridized carbons (Fsp3) is 0.312. The maximum absolute atomic E-state index is 11.4. The van der Waals surface area contributed by atoms with Crippen molar-refractivity contribution < 1.29 is 9.53 Å². The number of hydrogen-bond acceptors (Lipinski definition) is 3. The van der Waals surface area contributed by atoms with Gasteiger partial charge in [-0.25, -0.2) is 0 Å². The summed E-state index contributed by atoms with van der Waals surface area (Å²) in [4.78, 5) is 11.4. The van der Waals surface area contributed by atoms with Crippen molar-refractivity contribution in [2.24, 2.45) is 11.7 Å². The van der Waals surface area contributed by atoms with Crippen molar-refractivity contribution in [2.75, 3.05) is 7.11 Å². The highest BCUT2D eigenvalue weighted by Gasteiger charge is 2.21. The summed E-state index contributed by atoms with van der Waals surface area (Å²) in [6, 6.07) is 14.0. The molecule has 0 aliphatic rings. The first-order valence-corrected chi connectivity index (χ1v) is 6.43. The minimum absolute atomic E-state index is 0.0496. The van der Waals surface area contributed by atoms with E-state index in [-0.39, 0.29) is 11.9 Å². The molecule has 100 valence electrons. The van der Waals surface area contributed by atoms with Crippen molar-refractivity contribution in [2.45, 2.75) is 19.4 Å². The second-order valence-electron chi connectivity index (χ2n) is 4.91. The number of fused-ring (bicyclic) bond motifs is 1. The first-order valence-electron chi connectivity index (χ1n) is 6.43. The number of rotatable bonds is 4. The van der Waals surface area contributed by atoms with Gasteiger partial charge in [0.05, 0.1) is 7.11 Å². The summed E-state index contributed by atoms with van der Waals surface area (Å²) in [6.45, 7) is 1.97. The summed E-state index contributed by atoms with van der Waals surface area (Å²) in [5.74, 6) is -0.304. The maximum atomic E-state index is 11.4. The third kappa shape index (κ3) is 3.12. The van der Waals surface area contributed by atoms with Crippen LogP contribution in [0.15, 0.2) is 42.5 Å². The molecule has 2 aromatic carbocycles. The monoisotopic (exact) mass is 257 g/mol. The lowest BCUT2D eigenvalue weighted by Crippen LogP contribution is -2.38. The number of hydrogen-bond donors (Lipinski definition) is 1. The van der Waals surface area contributed by atoms with Crippen molar-refractivity contribution in [3.8, 4) is 0 Å². The van der Waals surface area contributed by atoms with E-state index in [0.29, 0.717) is 0 Å². The van der Waals surface area contributed by atoms with Crippen LogP contribution in [0.5, 0.6) is 0 Å². The highest BCUT2D eigenvalue weighted by atomic mass is 16.5. The van der Waals surface area contributed by atoms with Gasteiger partial charge in [0.2, 0.25) is 0 Å². The SMILES string of the molecule is COC(=O)C(N)C(C)Cc1ccc2ccccc2c1. The summed E-state index contributed by atoms with van der Waals surface area (Å²) >= 11 is 0. The molecule has 2 N–H and O–H groups in total. The van der Waals surface area contributed by atoms with Gasteiger partial charge in [-0.1, -0.05) is 49.4 Å². The molecule has 2 rings (SSSR count). The van der Waals surface area contributed by atoms with Crippen LogP contribution in [-0.2, 0) is 16.0 Å². The zero-order chi connectivity index (χ0) is 13.8. The molecule has 0 radical (unpaired) electrons. The molecule has 0 spiro atoms. The Morgan fingerprint density at radius 2 is 1.89 bits per heavy atom. The third-order valence-corrected chi connectivity index (χ3v) is 3.46. The molecule has 0 heterocycles. The first kappa shape index (κ1) is 13.6. The van der Waals surface area contributed by atoms with E-state index in [1.807, 2.05) is 19.1 Å². The van der Waals surface area contributed by atoms with Crippen molar-refractivity contribution in [3.63, 3.8) is 0 Å². The number of carbonyl (C=O) groups is 1. The van der Waals surface area contributed by atoms with Gasteiger partial charge in [-0.15, -0.1) is 0 Å². The van der Waals surface area contributed by atoms with Crippen molar-refractivity contribution in [1.82, 2.24) is 0 Å². The van der Waals surface area contributed by atoms with Crippen LogP contribution in [0.1, 0.15) is 12.5 Å². The molecule has 2 aromatic rings. The van der Waals surface area contributed by atoms with Crippen LogP contribution >= 0.6 is 0 Å². The summed E-state index contributed by atoms with van der Waals surface area (Å²) in [7, 11) is 1.37. The van der Waals surface area contributed by atoms with E-state index >= 15 is 0 Å². The van der Waals surface area contributed by atoms with Crippen LogP contribution in [0.3, 0.4) is 0 Å². The van der Waals surface area contributed by atoms with Crippen LogP contribution < -0.4 is 5.73 Å². The molecule has 0 aromatic heterocycles. The predicted molar refractivity (Wildman–Crippen MR) is 76.8 cm³/mol. The Morgan fingerprint density at radius 3 is 2.58 bits per heavy atom. The van der Waals surface area contributed by atoms with Gasteiger partial charge in [-0.3, -0.25) is 4.79 Å². The molecule has 0 saturated heterocycles. The van der Waals surface area contributed by atoms with Gasteiger partial charge in [0.1, 0.15) is 6.04 Å². The van der Waals surface area contributed by atoms with Crippen LogP contribution in [0, 0.1) is 5.92 Å². The van der Waals surface area contributed by atoms with Crippen LogP contribution in [0.2, 0.25) is 0 Å². The fourth-order valence-corrected chi connectivity index (χ4v) is 2.23. The third-order valence-electron chi connectivity index (χ3n) is 3.46. The first-order chi connectivity index (χ1) is 9.11.